The molecule has 2 N–H and O–H groups in total. The Morgan fingerprint density at radius 3 is 2.30 bits per heavy atom. The van der Waals surface area contributed by atoms with Gasteiger partial charge in [-0.15, -0.1) is 11.3 Å². The maximum absolute atomic E-state index is 12.0. The van der Waals surface area contributed by atoms with Gasteiger partial charge in [-0.2, -0.15) is 0 Å². The molecule has 23 heavy (non-hydrogen) atoms. The Morgan fingerprint density at radius 1 is 1.26 bits per heavy atom. The number of thiazole rings is 1. The van der Waals surface area contributed by atoms with E-state index in [1.807, 2.05) is 0 Å². The van der Waals surface area contributed by atoms with Crippen LogP contribution in [0.3, 0.4) is 0 Å². The zero-order chi connectivity index (χ0) is 17.8. The minimum absolute atomic E-state index is 0.124. The highest BCUT2D eigenvalue weighted by Gasteiger charge is 2.37. The van der Waals surface area contributed by atoms with Crippen LogP contribution in [0.25, 0.3) is 0 Å². The van der Waals surface area contributed by atoms with Gasteiger partial charge >= 0.3 is 11.9 Å². The normalized spacial score (nSPS) is 12.7. The molecule has 126 valence electrons. The maximum Gasteiger partial charge on any atom is 0.360 e. The van der Waals surface area contributed by atoms with Gasteiger partial charge in [-0.05, 0) is 34.6 Å². The number of hydrogen-bond donors (Lipinski definition) is 1. The number of esters is 2. The first-order valence-electron chi connectivity index (χ1n) is 6.67. The standard InChI is InChI=1S/C14H19N3O5S/c1-13(2,3)10(19)21-11(20)14(4,5)22-17-8(6-18)9-7-23-12(15)16-9/h6-7H,1-5H3,(H2,15,16). The van der Waals surface area contributed by atoms with Gasteiger partial charge in [0.05, 0.1) is 5.41 Å². The quantitative estimate of drug-likeness (QED) is 0.283. The van der Waals surface area contributed by atoms with E-state index in [1.54, 1.807) is 20.8 Å². The van der Waals surface area contributed by atoms with Crippen molar-refractivity contribution < 1.29 is 24.0 Å². The molecule has 0 amide bonds. The summed E-state index contributed by atoms with van der Waals surface area (Å²) in [6, 6.07) is 0. The van der Waals surface area contributed by atoms with Gasteiger partial charge in [0.1, 0.15) is 5.69 Å². The third kappa shape index (κ3) is 5.13. The second-order valence-electron chi connectivity index (χ2n) is 6.19. The zero-order valence-electron chi connectivity index (χ0n) is 13.6. The van der Waals surface area contributed by atoms with Crippen LogP contribution in [0.2, 0.25) is 0 Å². The van der Waals surface area contributed by atoms with Gasteiger partial charge in [-0.1, -0.05) is 5.16 Å². The van der Waals surface area contributed by atoms with E-state index < -0.39 is 23.0 Å². The number of hydrogen-bond acceptors (Lipinski definition) is 9. The third-order valence-electron chi connectivity index (χ3n) is 2.56. The van der Waals surface area contributed by atoms with Gasteiger partial charge < -0.3 is 15.3 Å². The second-order valence-corrected chi connectivity index (χ2v) is 7.08. The summed E-state index contributed by atoms with van der Waals surface area (Å²) in [5.74, 6) is -1.60. The Hall–Kier alpha value is -2.29. The molecule has 0 aliphatic rings. The predicted octanol–water partition coefficient (Wildman–Crippen LogP) is 1.54. The van der Waals surface area contributed by atoms with Crippen LogP contribution in [0.4, 0.5) is 5.13 Å². The molecule has 0 bridgehead atoms. The highest BCUT2D eigenvalue weighted by Crippen LogP contribution is 2.20. The first-order valence-corrected chi connectivity index (χ1v) is 7.55. The van der Waals surface area contributed by atoms with E-state index in [9.17, 15) is 14.4 Å². The number of nitrogen functional groups attached to an aromatic ring is 1. The van der Waals surface area contributed by atoms with E-state index in [4.69, 9.17) is 15.3 Å². The van der Waals surface area contributed by atoms with Crippen LogP contribution < -0.4 is 5.73 Å². The highest BCUT2D eigenvalue weighted by molar-refractivity contribution is 7.13. The molecule has 0 saturated heterocycles. The number of aromatic nitrogens is 1. The molecular weight excluding hydrogens is 322 g/mol. The molecule has 0 saturated carbocycles. The molecule has 0 fully saturated rings. The first-order chi connectivity index (χ1) is 10.5. The molecule has 8 nitrogen and oxygen atoms in total. The number of carbonyl (C=O) groups excluding carboxylic acids is 3. The summed E-state index contributed by atoms with van der Waals surface area (Å²) >= 11 is 1.13. The lowest BCUT2D eigenvalue weighted by atomic mass is 9.97. The first kappa shape index (κ1) is 18.8. The smallest absolute Gasteiger partial charge is 0.360 e. The molecule has 9 heteroatoms. The van der Waals surface area contributed by atoms with Crippen LogP contribution in [0.1, 0.15) is 40.3 Å². The summed E-state index contributed by atoms with van der Waals surface area (Å²) in [5, 5.41) is 5.41. The van der Waals surface area contributed by atoms with E-state index in [2.05, 4.69) is 10.1 Å². The van der Waals surface area contributed by atoms with Crippen LogP contribution in [-0.2, 0) is 24.0 Å². The Balaban J connectivity index is 2.84. The number of nitrogens with two attached hydrogens (primary N) is 1. The molecule has 1 rings (SSSR count). The average Bonchev–Trinajstić information content (AvgIpc) is 2.84. The summed E-state index contributed by atoms with van der Waals surface area (Å²) in [6.45, 7) is 7.59. The van der Waals surface area contributed by atoms with E-state index >= 15 is 0 Å². The van der Waals surface area contributed by atoms with Crippen molar-refractivity contribution in [1.29, 1.82) is 0 Å². The van der Waals surface area contributed by atoms with Gasteiger partial charge in [0, 0.05) is 5.38 Å². The van der Waals surface area contributed by atoms with Crippen LogP contribution in [0, 0.1) is 5.41 Å². The molecule has 1 aromatic rings. The van der Waals surface area contributed by atoms with Crippen LogP contribution in [-0.4, -0.2) is 34.5 Å². The predicted molar refractivity (Wildman–Crippen MR) is 84.8 cm³/mol. The topological polar surface area (TPSA) is 121 Å². The molecule has 0 spiro atoms. The van der Waals surface area contributed by atoms with Gasteiger partial charge in [-0.25, -0.2) is 9.78 Å². The molecule has 0 atom stereocenters. The summed E-state index contributed by atoms with van der Waals surface area (Å²) in [4.78, 5) is 43.8. The van der Waals surface area contributed by atoms with E-state index in [0.29, 0.717) is 6.29 Å². The minimum atomic E-state index is -1.56. The Kier molecular flexibility index (Phi) is 5.60. The molecule has 0 aliphatic heterocycles. The largest absolute Gasteiger partial charge is 0.390 e. The molecule has 0 unspecified atom stereocenters. The lowest BCUT2D eigenvalue weighted by Gasteiger charge is -2.22. The maximum atomic E-state index is 12.0. The molecule has 1 heterocycles. The fourth-order valence-electron chi connectivity index (χ4n) is 1.09. The van der Waals surface area contributed by atoms with Crippen molar-refractivity contribution in [3.05, 3.63) is 11.1 Å². The van der Waals surface area contributed by atoms with Crippen LogP contribution in [0.5, 0.6) is 0 Å². The number of rotatable bonds is 5. The van der Waals surface area contributed by atoms with E-state index in [0.717, 1.165) is 11.3 Å². The highest BCUT2D eigenvalue weighted by atomic mass is 32.1. The number of carbonyl (C=O) groups is 3. The van der Waals surface area contributed by atoms with Crippen LogP contribution >= 0.6 is 11.3 Å². The monoisotopic (exact) mass is 341 g/mol. The van der Waals surface area contributed by atoms with Gasteiger partial charge in [0.2, 0.25) is 5.60 Å². The summed E-state index contributed by atoms with van der Waals surface area (Å²) in [5.41, 5.74) is 3.20. The lowest BCUT2D eigenvalue weighted by Crippen LogP contribution is -2.39. The third-order valence-corrected chi connectivity index (χ3v) is 3.23. The number of nitrogens with zero attached hydrogens (tertiary/aromatic N) is 2. The van der Waals surface area contributed by atoms with E-state index in [-0.39, 0.29) is 16.5 Å². The molecule has 1 aromatic heterocycles. The van der Waals surface area contributed by atoms with E-state index in [1.165, 1.54) is 19.2 Å². The van der Waals surface area contributed by atoms with Crippen molar-refractivity contribution >= 4 is 40.4 Å². The van der Waals surface area contributed by atoms with Crippen molar-refractivity contribution in [2.75, 3.05) is 5.73 Å². The van der Waals surface area contributed by atoms with Gasteiger partial charge in [-0.3, -0.25) is 9.59 Å². The van der Waals surface area contributed by atoms with Crippen molar-refractivity contribution in [3.63, 3.8) is 0 Å². The van der Waals surface area contributed by atoms with Crippen molar-refractivity contribution in [2.24, 2.45) is 10.6 Å². The van der Waals surface area contributed by atoms with Crippen molar-refractivity contribution in [1.82, 2.24) is 4.98 Å². The second kappa shape index (κ2) is 6.86. The fraction of sp³-hybridized carbons (Fsp3) is 0.500. The Morgan fingerprint density at radius 2 is 1.87 bits per heavy atom. The average molecular weight is 341 g/mol. The Bertz CT molecular complexity index is 643. The van der Waals surface area contributed by atoms with Gasteiger partial charge in [0.15, 0.2) is 17.1 Å². The van der Waals surface area contributed by atoms with Crippen LogP contribution in [0.15, 0.2) is 10.5 Å². The molecule has 0 radical (unpaired) electrons. The number of anilines is 1. The summed E-state index contributed by atoms with van der Waals surface area (Å²) in [7, 11) is 0. The number of oxime groups is 1. The number of aldehydes is 1. The molecular formula is C14H19N3O5S. The lowest BCUT2D eigenvalue weighted by molar-refractivity contribution is -0.180. The number of ether oxygens (including phenoxy) is 1. The summed E-state index contributed by atoms with van der Waals surface area (Å²) < 4.78 is 4.76. The SMILES string of the molecule is CC(C)(C)C(=O)OC(=O)C(C)(C)ON=C(C=O)c1csc(N)n1. The minimum Gasteiger partial charge on any atom is -0.390 e. The van der Waals surface area contributed by atoms with Crippen molar-refractivity contribution in [3.8, 4) is 0 Å². The molecule has 0 aliphatic carbocycles. The zero-order valence-corrected chi connectivity index (χ0v) is 14.4. The molecule has 0 aromatic carbocycles. The Labute approximate surface area is 137 Å². The van der Waals surface area contributed by atoms with Crippen molar-refractivity contribution in [2.45, 2.75) is 40.2 Å². The fourth-order valence-corrected chi connectivity index (χ4v) is 1.65. The van der Waals surface area contributed by atoms with Gasteiger partial charge in [0.25, 0.3) is 0 Å². The summed E-state index contributed by atoms with van der Waals surface area (Å²) in [6.07, 6.45) is 0.427.